The molecular formula is C19H25ClN4O. The Balaban J connectivity index is 1.71. The number of carbonyl (C=O) groups excluding carboxylic acids is 1. The maximum atomic E-state index is 12.9. The molecule has 2 aromatic rings. The van der Waals surface area contributed by atoms with Crippen LogP contribution in [0, 0.1) is 12.8 Å². The Morgan fingerprint density at radius 3 is 2.72 bits per heavy atom. The number of hydrogen-bond donors (Lipinski definition) is 1. The van der Waals surface area contributed by atoms with Gasteiger partial charge in [0.1, 0.15) is 0 Å². The van der Waals surface area contributed by atoms with E-state index in [9.17, 15) is 4.79 Å². The number of aromatic nitrogens is 2. The first-order valence-electron chi connectivity index (χ1n) is 8.91. The first-order valence-corrected chi connectivity index (χ1v) is 9.29. The van der Waals surface area contributed by atoms with Crippen LogP contribution in [0.2, 0.25) is 5.02 Å². The third-order valence-electron chi connectivity index (χ3n) is 4.91. The molecule has 1 aliphatic rings. The summed E-state index contributed by atoms with van der Waals surface area (Å²) in [5.74, 6) is 0.730. The molecule has 0 unspecified atom stereocenters. The lowest BCUT2D eigenvalue weighted by molar-refractivity contribution is 0.0689. The Kier molecular flexibility index (Phi) is 5.76. The summed E-state index contributed by atoms with van der Waals surface area (Å²) >= 11 is 6.26. The Hall–Kier alpha value is -1.85. The summed E-state index contributed by atoms with van der Waals surface area (Å²) < 4.78 is 1.74. The van der Waals surface area contributed by atoms with E-state index in [0.717, 1.165) is 50.4 Å². The zero-order valence-electron chi connectivity index (χ0n) is 14.8. The zero-order valence-corrected chi connectivity index (χ0v) is 15.6. The van der Waals surface area contributed by atoms with Gasteiger partial charge in [0.2, 0.25) is 0 Å². The van der Waals surface area contributed by atoms with Gasteiger partial charge in [-0.05, 0) is 50.9 Å². The first-order chi connectivity index (χ1) is 12.1. The Morgan fingerprint density at radius 2 is 2.04 bits per heavy atom. The Morgan fingerprint density at radius 1 is 1.32 bits per heavy atom. The third kappa shape index (κ3) is 3.88. The van der Waals surface area contributed by atoms with Crippen LogP contribution in [0.4, 0.5) is 0 Å². The predicted molar refractivity (Wildman–Crippen MR) is 100 cm³/mol. The van der Waals surface area contributed by atoms with E-state index < -0.39 is 0 Å². The van der Waals surface area contributed by atoms with E-state index in [-0.39, 0.29) is 5.91 Å². The molecule has 1 aliphatic heterocycles. The number of amides is 1. The molecule has 1 saturated heterocycles. The number of carbonyl (C=O) groups is 1. The van der Waals surface area contributed by atoms with Crippen LogP contribution in [-0.4, -0.2) is 46.8 Å². The maximum absolute atomic E-state index is 12.9. The summed E-state index contributed by atoms with van der Waals surface area (Å²) in [7, 11) is 0. The number of rotatable bonds is 5. The fourth-order valence-corrected chi connectivity index (χ4v) is 3.56. The molecule has 3 rings (SSSR count). The van der Waals surface area contributed by atoms with Gasteiger partial charge in [-0.2, -0.15) is 5.10 Å². The van der Waals surface area contributed by atoms with E-state index in [1.807, 2.05) is 36.1 Å². The zero-order chi connectivity index (χ0) is 17.8. The highest BCUT2D eigenvalue weighted by molar-refractivity contribution is 6.32. The minimum absolute atomic E-state index is 0.0673. The minimum Gasteiger partial charge on any atom is -0.339 e. The van der Waals surface area contributed by atoms with Crippen LogP contribution in [0.1, 0.15) is 35.8 Å². The number of hydrogen-bond acceptors (Lipinski definition) is 3. The lowest BCUT2D eigenvalue weighted by Gasteiger charge is -2.32. The molecule has 1 aromatic heterocycles. The van der Waals surface area contributed by atoms with E-state index in [2.05, 4.69) is 17.3 Å². The lowest BCUT2D eigenvalue weighted by Crippen LogP contribution is -2.40. The van der Waals surface area contributed by atoms with Crippen LogP contribution in [-0.2, 0) is 0 Å². The van der Waals surface area contributed by atoms with Crippen molar-refractivity contribution in [1.82, 2.24) is 20.0 Å². The summed E-state index contributed by atoms with van der Waals surface area (Å²) in [4.78, 5) is 14.8. The molecule has 0 atom stereocenters. The average molecular weight is 361 g/mol. The fraction of sp³-hybridized carbons (Fsp3) is 0.474. The number of piperidine rings is 1. The number of halogens is 1. The van der Waals surface area contributed by atoms with Gasteiger partial charge in [-0.3, -0.25) is 4.79 Å². The van der Waals surface area contributed by atoms with E-state index in [0.29, 0.717) is 16.5 Å². The van der Waals surface area contributed by atoms with Gasteiger partial charge in [-0.15, -0.1) is 0 Å². The molecule has 0 saturated carbocycles. The molecule has 0 aliphatic carbocycles. The highest BCUT2D eigenvalue weighted by Crippen LogP contribution is 2.24. The molecule has 0 spiro atoms. The van der Waals surface area contributed by atoms with Gasteiger partial charge in [-0.1, -0.05) is 30.7 Å². The van der Waals surface area contributed by atoms with Crippen molar-refractivity contribution in [3.8, 4) is 5.69 Å². The standard InChI is InChI=1S/C19H25ClN4O/c1-3-21-12-15-8-10-23(11-9-15)19(25)16-13-22-24(14(16)2)18-7-5-4-6-17(18)20/h4-7,13,15,21H,3,8-12H2,1-2H3. The number of likely N-dealkylation sites (tertiary alicyclic amines) is 1. The van der Waals surface area contributed by atoms with Gasteiger partial charge < -0.3 is 10.2 Å². The lowest BCUT2D eigenvalue weighted by atomic mass is 9.96. The smallest absolute Gasteiger partial charge is 0.257 e. The summed E-state index contributed by atoms with van der Waals surface area (Å²) in [5, 5.41) is 8.42. The minimum atomic E-state index is 0.0673. The van der Waals surface area contributed by atoms with Crippen molar-refractivity contribution < 1.29 is 4.79 Å². The molecule has 134 valence electrons. The number of benzene rings is 1. The van der Waals surface area contributed by atoms with Gasteiger partial charge >= 0.3 is 0 Å². The van der Waals surface area contributed by atoms with Gasteiger partial charge in [-0.25, -0.2) is 4.68 Å². The van der Waals surface area contributed by atoms with Crippen molar-refractivity contribution in [3.05, 3.63) is 46.7 Å². The van der Waals surface area contributed by atoms with Crippen molar-refractivity contribution in [2.45, 2.75) is 26.7 Å². The molecule has 25 heavy (non-hydrogen) atoms. The second-order valence-corrected chi connectivity index (χ2v) is 6.96. The third-order valence-corrected chi connectivity index (χ3v) is 5.23. The molecule has 1 N–H and O–H groups in total. The van der Waals surface area contributed by atoms with Gasteiger partial charge in [0.05, 0.1) is 28.2 Å². The maximum Gasteiger partial charge on any atom is 0.257 e. The number of nitrogens with zero attached hydrogens (tertiary/aromatic N) is 3. The molecule has 1 amide bonds. The normalized spacial score (nSPS) is 15.6. The van der Waals surface area contributed by atoms with Crippen LogP contribution in [0.15, 0.2) is 30.5 Å². The van der Waals surface area contributed by atoms with Crippen molar-refractivity contribution in [3.63, 3.8) is 0 Å². The number of para-hydroxylation sites is 1. The van der Waals surface area contributed by atoms with Gasteiger partial charge in [0.25, 0.3) is 5.91 Å². The summed E-state index contributed by atoms with van der Waals surface area (Å²) in [6.45, 7) is 7.71. The van der Waals surface area contributed by atoms with Gasteiger partial charge in [0.15, 0.2) is 0 Å². The van der Waals surface area contributed by atoms with E-state index in [4.69, 9.17) is 11.6 Å². The van der Waals surface area contributed by atoms with Crippen molar-refractivity contribution >= 4 is 17.5 Å². The van der Waals surface area contributed by atoms with E-state index >= 15 is 0 Å². The molecule has 0 radical (unpaired) electrons. The first kappa shape index (κ1) is 18.0. The second-order valence-electron chi connectivity index (χ2n) is 6.55. The molecule has 0 bridgehead atoms. The fourth-order valence-electron chi connectivity index (χ4n) is 3.34. The van der Waals surface area contributed by atoms with Crippen LogP contribution >= 0.6 is 11.6 Å². The van der Waals surface area contributed by atoms with Crippen LogP contribution in [0.5, 0.6) is 0 Å². The highest BCUT2D eigenvalue weighted by Gasteiger charge is 2.26. The SMILES string of the molecule is CCNCC1CCN(C(=O)c2cnn(-c3ccccc3Cl)c2C)CC1. The molecule has 2 heterocycles. The van der Waals surface area contributed by atoms with Crippen molar-refractivity contribution in [2.75, 3.05) is 26.2 Å². The van der Waals surface area contributed by atoms with Gasteiger partial charge in [0, 0.05) is 13.1 Å². The molecule has 1 aromatic carbocycles. The number of nitrogens with one attached hydrogen (secondary N) is 1. The van der Waals surface area contributed by atoms with E-state index in [1.54, 1.807) is 10.9 Å². The largest absolute Gasteiger partial charge is 0.339 e. The Bertz CT molecular complexity index is 735. The molecule has 1 fully saturated rings. The molecular weight excluding hydrogens is 336 g/mol. The molecule has 6 heteroatoms. The summed E-state index contributed by atoms with van der Waals surface area (Å²) in [5.41, 5.74) is 2.28. The van der Waals surface area contributed by atoms with Crippen LogP contribution in [0.3, 0.4) is 0 Å². The van der Waals surface area contributed by atoms with E-state index in [1.165, 1.54) is 0 Å². The highest BCUT2D eigenvalue weighted by atomic mass is 35.5. The van der Waals surface area contributed by atoms with Crippen LogP contribution < -0.4 is 5.32 Å². The summed E-state index contributed by atoms with van der Waals surface area (Å²) in [6.07, 6.45) is 3.76. The van der Waals surface area contributed by atoms with Crippen molar-refractivity contribution in [1.29, 1.82) is 0 Å². The average Bonchev–Trinajstić information content (AvgIpc) is 3.01. The quantitative estimate of drug-likeness (QED) is 0.890. The second kappa shape index (κ2) is 8.02. The molecule has 5 nitrogen and oxygen atoms in total. The Labute approximate surface area is 154 Å². The summed E-state index contributed by atoms with van der Waals surface area (Å²) in [6, 6.07) is 7.53. The predicted octanol–water partition coefficient (Wildman–Crippen LogP) is 3.30. The monoisotopic (exact) mass is 360 g/mol. The van der Waals surface area contributed by atoms with Crippen molar-refractivity contribution in [2.24, 2.45) is 5.92 Å². The topological polar surface area (TPSA) is 50.2 Å². The van der Waals surface area contributed by atoms with Crippen LogP contribution in [0.25, 0.3) is 5.69 Å².